The van der Waals surface area contributed by atoms with Crippen LogP contribution in [0.1, 0.15) is 35.7 Å². The number of H-pyrrole nitrogens is 1. The molecule has 3 heterocycles. The first kappa shape index (κ1) is 20.5. The second-order valence-electron chi connectivity index (χ2n) is 9.10. The molecule has 164 valence electrons. The maximum absolute atomic E-state index is 14.5. The number of hydrogen-bond acceptors (Lipinski definition) is 4. The summed E-state index contributed by atoms with van der Waals surface area (Å²) in [5.74, 6) is 0.621. The summed E-state index contributed by atoms with van der Waals surface area (Å²) < 4.78 is 19.9. The van der Waals surface area contributed by atoms with Crippen LogP contribution in [0.5, 0.6) is 5.75 Å². The quantitative estimate of drug-likeness (QED) is 0.670. The fourth-order valence-corrected chi connectivity index (χ4v) is 5.58. The van der Waals surface area contributed by atoms with Gasteiger partial charge in [-0.2, -0.15) is 0 Å². The standard InChI is InChI=1S/C25H30FN3O2/c1-28-11-9-25(10-12-28)16-29(14-17-5-3-4-6-20(17)26)22(15-30)24-23(25)19-8-7-18(31-2)13-21(19)27-24/h3-8,13,22,27,30H,9-12,14-16H2,1-2H3/t22-/m1/s1. The SMILES string of the molecule is COc1ccc2c3c([nH]c2c1)[C@@H](CO)N(Cc1ccccc1F)CC31CCN(C)CC1. The van der Waals surface area contributed by atoms with Crippen LogP contribution in [0.15, 0.2) is 42.5 Å². The number of rotatable bonds is 4. The Kier molecular flexibility index (Phi) is 5.24. The fourth-order valence-electron chi connectivity index (χ4n) is 5.58. The molecule has 1 aromatic heterocycles. The van der Waals surface area contributed by atoms with Crippen LogP contribution in [-0.2, 0) is 12.0 Å². The Bertz CT molecular complexity index is 1090. The predicted octanol–water partition coefficient (Wildman–Crippen LogP) is 3.83. The van der Waals surface area contributed by atoms with E-state index in [0.717, 1.165) is 49.4 Å². The fraction of sp³-hybridized carbons (Fsp3) is 0.440. The third-order valence-electron chi connectivity index (χ3n) is 7.29. The summed E-state index contributed by atoms with van der Waals surface area (Å²) in [6, 6.07) is 13.0. The molecule has 0 aliphatic carbocycles. The van der Waals surface area contributed by atoms with Crippen LogP contribution in [0.4, 0.5) is 4.39 Å². The lowest BCUT2D eigenvalue weighted by molar-refractivity contribution is 0.0468. The minimum absolute atomic E-state index is 0.0125. The van der Waals surface area contributed by atoms with E-state index in [9.17, 15) is 9.50 Å². The van der Waals surface area contributed by atoms with Crippen LogP contribution in [-0.4, -0.2) is 60.3 Å². The number of aromatic nitrogens is 1. The molecule has 2 N–H and O–H groups in total. The maximum atomic E-state index is 14.5. The smallest absolute Gasteiger partial charge is 0.127 e. The largest absolute Gasteiger partial charge is 0.497 e. The van der Waals surface area contributed by atoms with Crippen LogP contribution >= 0.6 is 0 Å². The third-order valence-corrected chi connectivity index (χ3v) is 7.29. The van der Waals surface area contributed by atoms with Crippen molar-refractivity contribution in [3.8, 4) is 5.75 Å². The van der Waals surface area contributed by atoms with Gasteiger partial charge in [0.25, 0.3) is 0 Å². The summed E-state index contributed by atoms with van der Waals surface area (Å²) in [4.78, 5) is 8.26. The third kappa shape index (κ3) is 3.43. The molecule has 2 aliphatic heterocycles. The second-order valence-corrected chi connectivity index (χ2v) is 9.10. The van der Waals surface area contributed by atoms with E-state index in [0.29, 0.717) is 12.1 Å². The van der Waals surface area contributed by atoms with Crippen molar-refractivity contribution in [2.45, 2.75) is 30.8 Å². The van der Waals surface area contributed by atoms with Crippen molar-refractivity contribution in [3.05, 3.63) is 65.1 Å². The number of nitrogens with zero attached hydrogens (tertiary/aromatic N) is 2. The number of fused-ring (bicyclic) bond motifs is 4. The van der Waals surface area contributed by atoms with Crippen molar-refractivity contribution in [3.63, 3.8) is 0 Å². The number of benzene rings is 2. The summed E-state index contributed by atoms with van der Waals surface area (Å²) in [7, 11) is 3.85. The van der Waals surface area contributed by atoms with Gasteiger partial charge in [0, 0.05) is 46.7 Å². The van der Waals surface area contributed by atoms with E-state index in [1.807, 2.05) is 24.3 Å². The lowest BCUT2D eigenvalue weighted by Crippen LogP contribution is -2.53. The normalized spacial score (nSPS) is 21.5. The molecule has 1 saturated heterocycles. The van der Waals surface area contributed by atoms with Gasteiger partial charge in [-0.05, 0) is 56.7 Å². The first-order valence-electron chi connectivity index (χ1n) is 11.0. The molecule has 31 heavy (non-hydrogen) atoms. The maximum Gasteiger partial charge on any atom is 0.127 e. The van der Waals surface area contributed by atoms with Gasteiger partial charge in [0.15, 0.2) is 0 Å². The molecule has 0 bridgehead atoms. The van der Waals surface area contributed by atoms with E-state index in [1.54, 1.807) is 13.2 Å². The highest BCUT2D eigenvalue weighted by atomic mass is 19.1. The lowest BCUT2D eigenvalue weighted by atomic mass is 9.68. The summed E-state index contributed by atoms with van der Waals surface area (Å²) in [5.41, 5.74) is 4.09. The van der Waals surface area contributed by atoms with Crippen molar-refractivity contribution < 1.29 is 14.2 Å². The van der Waals surface area contributed by atoms with Gasteiger partial charge in [-0.15, -0.1) is 0 Å². The van der Waals surface area contributed by atoms with Crippen molar-refractivity contribution >= 4 is 10.9 Å². The summed E-state index contributed by atoms with van der Waals surface area (Å²) >= 11 is 0. The van der Waals surface area contributed by atoms with Gasteiger partial charge in [-0.1, -0.05) is 18.2 Å². The zero-order valence-corrected chi connectivity index (χ0v) is 18.2. The van der Waals surface area contributed by atoms with Crippen molar-refractivity contribution in [1.29, 1.82) is 0 Å². The molecule has 5 rings (SSSR count). The number of nitrogens with one attached hydrogen (secondary N) is 1. The monoisotopic (exact) mass is 423 g/mol. The summed E-state index contributed by atoms with van der Waals surface area (Å²) in [6.07, 6.45) is 2.09. The number of aromatic amines is 1. The number of aliphatic hydroxyl groups is 1. The molecule has 0 saturated carbocycles. The molecule has 6 heteroatoms. The Hall–Kier alpha value is -2.41. The van der Waals surface area contributed by atoms with E-state index in [1.165, 1.54) is 17.0 Å². The van der Waals surface area contributed by atoms with Crippen LogP contribution in [0, 0.1) is 5.82 Å². The van der Waals surface area contributed by atoms with Crippen molar-refractivity contribution in [2.24, 2.45) is 0 Å². The molecule has 0 radical (unpaired) electrons. The first-order valence-corrected chi connectivity index (χ1v) is 11.0. The molecule has 1 fully saturated rings. The van der Waals surface area contributed by atoms with E-state index in [2.05, 4.69) is 27.9 Å². The van der Waals surface area contributed by atoms with Crippen LogP contribution in [0.3, 0.4) is 0 Å². The second kappa shape index (κ2) is 7.93. The van der Waals surface area contributed by atoms with Crippen molar-refractivity contribution in [1.82, 2.24) is 14.8 Å². The molecule has 1 atom stereocenters. The minimum Gasteiger partial charge on any atom is -0.497 e. The average Bonchev–Trinajstić information content (AvgIpc) is 3.17. The number of methoxy groups -OCH3 is 1. The van der Waals surface area contributed by atoms with Gasteiger partial charge in [-0.25, -0.2) is 4.39 Å². The highest BCUT2D eigenvalue weighted by molar-refractivity contribution is 5.87. The molecule has 1 spiro atoms. The van der Waals surface area contributed by atoms with Gasteiger partial charge in [0.2, 0.25) is 0 Å². The number of hydrogen-bond donors (Lipinski definition) is 2. The number of piperidine rings is 1. The number of likely N-dealkylation sites (tertiary alicyclic amines) is 1. The Balaban J connectivity index is 1.64. The Morgan fingerprint density at radius 1 is 1.19 bits per heavy atom. The lowest BCUT2D eigenvalue weighted by Gasteiger charge is -2.50. The van der Waals surface area contributed by atoms with Gasteiger partial charge in [-0.3, -0.25) is 4.90 Å². The molecule has 2 aromatic carbocycles. The molecule has 5 nitrogen and oxygen atoms in total. The van der Waals surface area contributed by atoms with E-state index in [-0.39, 0.29) is 23.9 Å². The van der Waals surface area contributed by atoms with Gasteiger partial charge in [0.1, 0.15) is 11.6 Å². The van der Waals surface area contributed by atoms with E-state index in [4.69, 9.17) is 4.74 Å². The number of halogens is 1. The Labute approximate surface area is 182 Å². The Morgan fingerprint density at radius 3 is 2.68 bits per heavy atom. The zero-order valence-electron chi connectivity index (χ0n) is 18.2. The average molecular weight is 424 g/mol. The highest BCUT2D eigenvalue weighted by Crippen LogP contribution is 2.49. The topological polar surface area (TPSA) is 51.7 Å². The molecule has 0 unspecified atom stereocenters. The summed E-state index contributed by atoms with van der Waals surface area (Å²) in [5, 5.41) is 11.6. The van der Waals surface area contributed by atoms with E-state index >= 15 is 0 Å². The van der Waals surface area contributed by atoms with Gasteiger partial charge >= 0.3 is 0 Å². The van der Waals surface area contributed by atoms with E-state index < -0.39 is 0 Å². The van der Waals surface area contributed by atoms with Crippen LogP contribution in [0.2, 0.25) is 0 Å². The first-order chi connectivity index (χ1) is 15.0. The van der Waals surface area contributed by atoms with Crippen LogP contribution in [0.25, 0.3) is 10.9 Å². The number of aliphatic hydroxyl groups excluding tert-OH is 1. The molecular weight excluding hydrogens is 393 g/mol. The van der Waals surface area contributed by atoms with Crippen molar-refractivity contribution in [2.75, 3.05) is 40.4 Å². The minimum atomic E-state index is -0.196. The predicted molar refractivity (Wildman–Crippen MR) is 120 cm³/mol. The number of ether oxygens (including phenoxy) is 1. The highest BCUT2D eigenvalue weighted by Gasteiger charge is 2.47. The molecular formula is C25H30FN3O2. The molecule has 3 aromatic rings. The van der Waals surface area contributed by atoms with Gasteiger partial charge < -0.3 is 19.7 Å². The van der Waals surface area contributed by atoms with Crippen LogP contribution < -0.4 is 4.74 Å². The molecule has 2 aliphatic rings. The molecule has 0 amide bonds. The Morgan fingerprint density at radius 2 is 1.97 bits per heavy atom. The van der Waals surface area contributed by atoms with Gasteiger partial charge in [0.05, 0.1) is 19.8 Å². The summed E-state index contributed by atoms with van der Waals surface area (Å²) in [6.45, 7) is 3.33. The zero-order chi connectivity index (χ0) is 21.6.